The lowest BCUT2D eigenvalue weighted by atomic mass is 9.51. The van der Waals surface area contributed by atoms with Crippen LogP contribution in [0, 0.1) is 5.41 Å². The maximum absolute atomic E-state index is 11.9. The van der Waals surface area contributed by atoms with Gasteiger partial charge in [0.15, 0.2) is 0 Å². The van der Waals surface area contributed by atoms with E-state index in [0.717, 1.165) is 32.1 Å². The van der Waals surface area contributed by atoms with Crippen LogP contribution in [0.25, 0.3) is 0 Å². The van der Waals surface area contributed by atoms with E-state index in [-0.39, 0.29) is 22.8 Å². The highest BCUT2D eigenvalue weighted by atomic mass is 32.2. The van der Waals surface area contributed by atoms with E-state index < -0.39 is 10.0 Å². The largest absolute Gasteiger partial charge is 0.381 e. The molecule has 0 aliphatic heterocycles. The minimum absolute atomic E-state index is 0.105. The highest BCUT2D eigenvalue weighted by Crippen LogP contribution is 2.57. The van der Waals surface area contributed by atoms with Crippen molar-refractivity contribution in [3.05, 3.63) is 0 Å². The van der Waals surface area contributed by atoms with E-state index in [4.69, 9.17) is 4.74 Å². The summed E-state index contributed by atoms with van der Waals surface area (Å²) in [5.41, 5.74) is 0.136. The van der Waals surface area contributed by atoms with Crippen LogP contribution in [0.1, 0.15) is 38.5 Å². The summed E-state index contributed by atoms with van der Waals surface area (Å²) in [4.78, 5) is 0. The average Bonchev–Trinajstić information content (AvgIpc) is 2.91. The molecule has 0 bridgehead atoms. The molecule has 3 aliphatic rings. The van der Waals surface area contributed by atoms with Crippen molar-refractivity contribution in [1.29, 1.82) is 0 Å². The SMILES string of the molecule is CO[C@@H]1C[C@H](NS(=O)(=O)C2CC2)C12CCC2. The molecule has 3 aliphatic carbocycles. The maximum atomic E-state index is 11.9. The van der Waals surface area contributed by atoms with E-state index in [9.17, 15) is 8.42 Å². The fourth-order valence-electron chi connectivity index (χ4n) is 3.17. The van der Waals surface area contributed by atoms with Gasteiger partial charge in [0.2, 0.25) is 10.0 Å². The summed E-state index contributed by atoms with van der Waals surface area (Å²) in [5, 5.41) is -0.105. The first-order chi connectivity index (χ1) is 7.58. The zero-order valence-corrected chi connectivity index (χ0v) is 10.4. The molecule has 4 nitrogen and oxygen atoms in total. The van der Waals surface area contributed by atoms with Crippen LogP contribution >= 0.6 is 0 Å². The summed E-state index contributed by atoms with van der Waals surface area (Å²) < 4.78 is 32.1. The third-order valence-corrected chi connectivity index (χ3v) is 6.59. The molecule has 16 heavy (non-hydrogen) atoms. The van der Waals surface area contributed by atoms with Gasteiger partial charge in [0.25, 0.3) is 0 Å². The van der Waals surface area contributed by atoms with E-state index in [1.807, 2.05) is 0 Å². The highest BCUT2D eigenvalue weighted by molar-refractivity contribution is 7.90. The van der Waals surface area contributed by atoms with Crippen molar-refractivity contribution in [3.8, 4) is 0 Å². The Balaban J connectivity index is 1.68. The molecule has 0 aromatic rings. The number of methoxy groups -OCH3 is 1. The van der Waals surface area contributed by atoms with Crippen LogP contribution in [0.5, 0.6) is 0 Å². The van der Waals surface area contributed by atoms with Crippen LogP contribution in [0.2, 0.25) is 0 Å². The van der Waals surface area contributed by atoms with E-state index >= 15 is 0 Å². The number of rotatable bonds is 4. The van der Waals surface area contributed by atoms with Gasteiger partial charge in [-0.25, -0.2) is 13.1 Å². The summed E-state index contributed by atoms with van der Waals surface area (Å²) in [7, 11) is -1.30. The first-order valence-corrected chi connectivity index (χ1v) is 7.67. The standard InChI is InChI=1S/C11H19NO3S/c1-15-10-7-9(11(10)5-2-6-11)12-16(13,14)8-3-4-8/h8-10,12H,2-7H2,1H3/t9-,10+/m0/s1. The van der Waals surface area contributed by atoms with Crippen LogP contribution in [-0.4, -0.2) is 32.9 Å². The molecule has 0 aromatic carbocycles. The second-order valence-corrected chi connectivity index (χ2v) is 7.45. The molecule has 3 saturated carbocycles. The third-order valence-electron chi connectivity index (χ3n) is 4.62. The number of nitrogens with one attached hydrogen (secondary N) is 1. The molecule has 0 saturated heterocycles. The van der Waals surface area contributed by atoms with Crippen molar-refractivity contribution >= 4 is 10.0 Å². The van der Waals surface area contributed by atoms with E-state index in [0.29, 0.717) is 0 Å². The fourth-order valence-corrected chi connectivity index (χ4v) is 4.85. The first kappa shape index (κ1) is 11.0. The minimum atomic E-state index is -3.03. The van der Waals surface area contributed by atoms with Gasteiger partial charge >= 0.3 is 0 Å². The Labute approximate surface area is 96.8 Å². The predicted molar refractivity (Wildman–Crippen MR) is 60.6 cm³/mol. The maximum Gasteiger partial charge on any atom is 0.214 e. The Morgan fingerprint density at radius 1 is 1.31 bits per heavy atom. The number of hydrogen-bond acceptors (Lipinski definition) is 3. The highest BCUT2D eigenvalue weighted by Gasteiger charge is 2.60. The van der Waals surface area contributed by atoms with Crippen molar-refractivity contribution in [2.24, 2.45) is 5.41 Å². The molecule has 92 valence electrons. The molecule has 0 unspecified atom stereocenters. The van der Waals surface area contributed by atoms with Gasteiger partial charge < -0.3 is 4.74 Å². The van der Waals surface area contributed by atoms with Crippen LogP contribution in [-0.2, 0) is 14.8 Å². The molecule has 2 atom stereocenters. The van der Waals surface area contributed by atoms with E-state index in [2.05, 4.69) is 4.72 Å². The molecular weight excluding hydrogens is 226 g/mol. The quantitative estimate of drug-likeness (QED) is 0.804. The van der Waals surface area contributed by atoms with Crippen LogP contribution < -0.4 is 4.72 Å². The van der Waals surface area contributed by atoms with E-state index in [1.165, 1.54) is 6.42 Å². The lowest BCUT2D eigenvalue weighted by molar-refractivity contribution is -0.155. The molecule has 0 aromatic heterocycles. The summed E-state index contributed by atoms with van der Waals surface area (Å²) in [6, 6.07) is 0.136. The summed E-state index contributed by atoms with van der Waals surface area (Å²) in [6.07, 6.45) is 6.23. The summed E-state index contributed by atoms with van der Waals surface area (Å²) >= 11 is 0. The number of sulfonamides is 1. The minimum Gasteiger partial charge on any atom is -0.381 e. The van der Waals surface area contributed by atoms with Gasteiger partial charge in [0, 0.05) is 18.6 Å². The Hall–Kier alpha value is -0.130. The third kappa shape index (κ3) is 1.45. The molecule has 0 heterocycles. The van der Waals surface area contributed by atoms with Crippen molar-refractivity contribution < 1.29 is 13.2 Å². The van der Waals surface area contributed by atoms with Gasteiger partial charge in [-0.1, -0.05) is 6.42 Å². The van der Waals surface area contributed by atoms with Crippen molar-refractivity contribution in [3.63, 3.8) is 0 Å². The average molecular weight is 245 g/mol. The molecule has 5 heteroatoms. The summed E-state index contributed by atoms with van der Waals surface area (Å²) in [5.74, 6) is 0. The predicted octanol–water partition coefficient (Wildman–Crippen LogP) is 1.03. The van der Waals surface area contributed by atoms with Crippen LogP contribution in [0.3, 0.4) is 0 Å². The molecule has 1 spiro atoms. The van der Waals surface area contributed by atoms with Gasteiger partial charge in [-0.05, 0) is 32.1 Å². The second-order valence-electron chi connectivity index (χ2n) is 5.46. The lowest BCUT2D eigenvalue weighted by Crippen LogP contribution is -2.67. The number of ether oxygens (including phenoxy) is 1. The molecule has 3 fully saturated rings. The lowest BCUT2D eigenvalue weighted by Gasteiger charge is -2.60. The second kappa shape index (κ2) is 3.43. The zero-order chi connectivity index (χ0) is 11.4. The molecule has 0 amide bonds. The molecular formula is C11H19NO3S. The topological polar surface area (TPSA) is 55.4 Å². The summed E-state index contributed by atoms with van der Waals surface area (Å²) in [6.45, 7) is 0. The van der Waals surface area contributed by atoms with Gasteiger partial charge in [0.05, 0.1) is 11.4 Å². The van der Waals surface area contributed by atoms with E-state index in [1.54, 1.807) is 7.11 Å². The van der Waals surface area contributed by atoms with Crippen molar-refractivity contribution in [2.75, 3.05) is 7.11 Å². The monoisotopic (exact) mass is 245 g/mol. The Morgan fingerprint density at radius 3 is 2.44 bits per heavy atom. The Morgan fingerprint density at radius 2 is 2.00 bits per heavy atom. The van der Waals surface area contributed by atoms with Gasteiger partial charge in [0.1, 0.15) is 0 Å². The van der Waals surface area contributed by atoms with Gasteiger partial charge in [-0.3, -0.25) is 0 Å². The van der Waals surface area contributed by atoms with Crippen LogP contribution in [0.4, 0.5) is 0 Å². The van der Waals surface area contributed by atoms with Gasteiger partial charge in [-0.15, -0.1) is 0 Å². The van der Waals surface area contributed by atoms with Crippen molar-refractivity contribution in [1.82, 2.24) is 4.72 Å². The molecule has 3 rings (SSSR count). The molecule has 1 N–H and O–H groups in total. The normalized spacial score (nSPS) is 36.8. The van der Waals surface area contributed by atoms with Crippen molar-refractivity contribution in [2.45, 2.75) is 55.9 Å². The fraction of sp³-hybridized carbons (Fsp3) is 1.00. The number of hydrogen-bond donors (Lipinski definition) is 1. The smallest absolute Gasteiger partial charge is 0.214 e. The Kier molecular flexibility index (Phi) is 2.36. The zero-order valence-electron chi connectivity index (χ0n) is 9.61. The first-order valence-electron chi connectivity index (χ1n) is 6.12. The Bertz CT molecular complexity index is 384. The van der Waals surface area contributed by atoms with Gasteiger partial charge in [-0.2, -0.15) is 0 Å². The van der Waals surface area contributed by atoms with Crippen LogP contribution in [0.15, 0.2) is 0 Å². The molecule has 0 radical (unpaired) electrons.